The molecule has 5 heteroatoms. The summed E-state index contributed by atoms with van der Waals surface area (Å²) in [5.74, 6) is 1.01. The third-order valence-electron chi connectivity index (χ3n) is 4.85. The van der Waals surface area contributed by atoms with Crippen LogP contribution < -0.4 is 10.1 Å². The first-order valence-corrected chi connectivity index (χ1v) is 9.10. The molecule has 0 bridgehead atoms. The second-order valence-electron chi connectivity index (χ2n) is 7.21. The topological polar surface area (TPSA) is 64.6 Å². The van der Waals surface area contributed by atoms with E-state index in [-0.39, 0.29) is 24.7 Å². The molecule has 0 spiro atoms. The fraction of sp³-hybridized carbons (Fsp3) is 0.600. The molecule has 1 aliphatic carbocycles. The van der Waals surface area contributed by atoms with Crippen LogP contribution in [-0.4, -0.2) is 30.6 Å². The molecule has 1 fully saturated rings. The summed E-state index contributed by atoms with van der Waals surface area (Å²) in [5, 5.41) is 3.00. The molecule has 0 aliphatic heterocycles. The highest BCUT2D eigenvalue weighted by atomic mass is 16.5. The summed E-state index contributed by atoms with van der Waals surface area (Å²) < 4.78 is 10.7. The first-order valence-electron chi connectivity index (χ1n) is 9.10. The lowest BCUT2D eigenvalue weighted by molar-refractivity contribution is -0.125. The zero-order valence-electron chi connectivity index (χ0n) is 15.6. The van der Waals surface area contributed by atoms with Crippen LogP contribution in [0.5, 0.6) is 5.75 Å². The van der Waals surface area contributed by atoms with Crippen LogP contribution in [0.25, 0.3) is 0 Å². The number of ether oxygens (including phenoxy) is 2. The van der Waals surface area contributed by atoms with Gasteiger partial charge in [0.25, 0.3) is 5.91 Å². The first-order chi connectivity index (χ1) is 11.9. The minimum atomic E-state index is -0.503. The number of nitrogens with one attached hydrogen (secondary N) is 1. The number of benzene rings is 1. The van der Waals surface area contributed by atoms with E-state index in [9.17, 15) is 9.59 Å². The van der Waals surface area contributed by atoms with E-state index in [4.69, 9.17) is 9.47 Å². The van der Waals surface area contributed by atoms with E-state index in [1.165, 1.54) is 6.42 Å². The van der Waals surface area contributed by atoms with E-state index in [0.29, 0.717) is 23.1 Å². The molecule has 138 valence electrons. The second-order valence-corrected chi connectivity index (χ2v) is 7.21. The minimum Gasteiger partial charge on any atom is -0.491 e. The highest BCUT2D eigenvalue weighted by Crippen LogP contribution is 2.29. The summed E-state index contributed by atoms with van der Waals surface area (Å²) in [6, 6.07) is 6.90. The van der Waals surface area contributed by atoms with Gasteiger partial charge >= 0.3 is 5.97 Å². The summed E-state index contributed by atoms with van der Waals surface area (Å²) in [5.41, 5.74) is 0.406. The van der Waals surface area contributed by atoms with Crippen molar-refractivity contribution in [2.75, 3.05) is 6.61 Å². The Kier molecular flexibility index (Phi) is 6.85. The van der Waals surface area contributed by atoms with Crippen LogP contribution in [0.15, 0.2) is 24.3 Å². The van der Waals surface area contributed by atoms with E-state index in [2.05, 4.69) is 19.2 Å². The maximum Gasteiger partial charge on any atom is 0.338 e. The van der Waals surface area contributed by atoms with E-state index < -0.39 is 5.97 Å². The standard InChI is InChI=1S/C20H29NO4/c1-13(2)25-17-10-8-16(9-11-17)20(23)24-12-19(22)21-18-7-5-6-14(3)15(18)4/h8-11,13-15,18H,5-7,12H2,1-4H3,(H,21,22)/t14-,15+,18+/m1/s1. The molecule has 0 radical (unpaired) electrons. The third-order valence-corrected chi connectivity index (χ3v) is 4.85. The van der Waals surface area contributed by atoms with Crippen LogP contribution in [-0.2, 0) is 9.53 Å². The molecular weight excluding hydrogens is 318 g/mol. The number of carbonyl (C=O) groups excluding carboxylic acids is 2. The van der Waals surface area contributed by atoms with Crippen molar-refractivity contribution >= 4 is 11.9 Å². The highest BCUT2D eigenvalue weighted by Gasteiger charge is 2.28. The molecule has 0 unspecified atom stereocenters. The Balaban J connectivity index is 1.80. The lowest BCUT2D eigenvalue weighted by Crippen LogP contribution is -2.45. The van der Waals surface area contributed by atoms with Gasteiger partial charge in [0, 0.05) is 6.04 Å². The summed E-state index contributed by atoms with van der Waals surface area (Å²) in [6.07, 6.45) is 3.40. The Morgan fingerprint density at radius 1 is 1.16 bits per heavy atom. The largest absolute Gasteiger partial charge is 0.491 e. The van der Waals surface area contributed by atoms with Crippen molar-refractivity contribution in [1.29, 1.82) is 0 Å². The molecule has 1 aromatic rings. The molecule has 1 aromatic carbocycles. The van der Waals surface area contributed by atoms with Crippen LogP contribution in [0.2, 0.25) is 0 Å². The summed E-state index contributed by atoms with van der Waals surface area (Å²) in [7, 11) is 0. The van der Waals surface area contributed by atoms with Crippen molar-refractivity contribution < 1.29 is 19.1 Å². The molecule has 0 heterocycles. The SMILES string of the molecule is CC(C)Oc1ccc(C(=O)OCC(=O)N[C@H]2CCC[C@@H](C)[C@@H]2C)cc1. The zero-order valence-corrected chi connectivity index (χ0v) is 15.6. The lowest BCUT2D eigenvalue weighted by atomic mass is 9.78. The Bertz CT molecular complexity index is 582. The van der Waals surface area contributed by atoms with Gasteiger partial charge in [-0.05, 0) is 56.4 Å². The monoisotopic (exact) mass is 347 g/mol. The summed E-state index contributed by atoms with van der Waals surface area (Å²) in [4.78, 5) is 24.1. The summed E-state index contributed by atoms with van der Waals surface area (Å²) >= 11 is 0. The van der Waals surface area contributed by atoms with Crippen molar-refractivity contribution in [2.24, 2.45) is 11.8 Å². The molecule has 1 aliphatic rings. The van der Waals surface area contributed by atoms with Gasteiger partial charge in [-0.2, -0.15) is 0 Å². The van der Waals surface area contributed by atoms with Crippen LogP contribution >= 0.6 is 0 Å². The molecule has 3 atom stereocenters. The normalized spacial score (nSPS) is 23.2. The molecule has 25 heavy (non-hydrogen) atoms. The van der Waals surface area contributed by atoms with Gasteiger partial charge < -0.3 is 14.8 Å². The highest BCUT2D eigenvalue weighted by molar-refractivity contribution is 5.91. The molecule has 0 aromatic heterocycles. The Morgan fingerprint density at radius 3 is 2.48 bits per heavy atom. The molecule has 1 N–H and O–H groups in total. The molecule has 2 rings (SSSR count). The van der Waals surface area contributed by atoms with Gasteiger partial charge in [0.05, 0.1) is 11.7 Å². The van der Waals surface area contributed by atoms with Crippen molar-refractivity contribution in [3.63, 3.8) is 0 Å². The number of hydrogen-bond donors (Lipinski definition) is 1. The van der Waals surface area contributed by atoms with E-state index in [1.54, 1.807) is 24.3 Å². The van der Waals surface area contributed by atoms with Gasteiger partial charge in [-0.3, -0.25) is 4.79 Å². The van der Waals surface area contributed by atoms with Crippen LogP contribution in [0.1, 0.15) is 57.3 Å². The number of rotatable bonds is 6. The quantitative estimate of drug-likeness (QED) is 0.799. The molecule has 5 nitrogen and oxygen atoms in total. The second kappa shape index (κ2) is 8.88. The molecule has 1 saturated carbocycles. The average molecular weight is 347 g/mol. The summed E-state index contributed by atoms with van der Waals surface area (Å²) in [6.45, 7) is 8.02. The first kappa shape index (κ1) is 19.3. The van der Waals surface area contributed by atoms with Gasteiger partial charge in [-0.25, -0.2) is 4.79 Å². The number of hydrogen-bond acceptors (Lipinski definition) is 4. The van der Waals surface area contributed by atoms with Gasteiger partial charge in [0.1, 0.15) is 5.75 Å². The number of amides is 1. The Morgan fingerprint density at radius 2 is 1.84 bits per heavy atom. The van der Waals surface area contributed by atoms with Gasteiger partial charge in [0.2, 0.25) is 0 Å². The van der Waals surface area contributed by atoms with E-state index in [0.717, 1.165) is 12.8 Å². The predicted molar refractivity (Wildman–Crippen MR) is 96.6 cm³/mol. The maximum atomic E-state index is 12.1. The van der Waals surface area contributed by atoms with Gasteiger partial charge in [-0.1, -0.05) is 26.7 Å². The van der Waals surface area contributed by atoms with Crippen LogP contribution in [0, 0.1) is 11.8 Å². The van der Waals surface area contributed by atoms with Crippen molar-refractivity contribution in [3.05, 3.63) is 29.8 Å². The van der Waals surface area contributed by atoms with Gasteiger partial charge in [0.15, 0.2) is 6.61 Å². The minimum absolute atomic E-state index is 0.0754. The predicted octanol–water partition coefficient (Wildman–Crippen LogP) is 3.57. The van der Waals surface area contributed by atoms with E-state index >= 15 is 0 Å². The fourth-order valence-electron chi connectivity index (χ4n) is 3.19. The number of esters is 1. The smallest absolute Gasteiger partial charge is 0.338 e. The average Bonchev–Trinajstić information content (AvgIpc) is 2.57. The Hall–Kier alpha value is -2.04. The van der Waals surface area contributed by atoms with Crippen LogP contribution in [0.3, 0.4) is 0 Å². The number of carbonyl (C=O) groups is 2. The van der Waals surface area contributed by atoms with Crippen molar-refractivity contribution in [2.45, 2.75) is 59.1 Å². The maximum absolute atomic E-state index is 12.1. The fourth-order valence-corrected chi connectivity index (χ4v) is 3.19. The lowest BCUT2D eigenvalue weighted by Gasteiger charge is -2.34. The molecule has 1 amide bonds. The molecule has 0 saturated heterocycles. The molecular formula is C20H29NO4. The van der Waals surface area contributed by atoms with E-state index in [1.807, 2.05) is 13.8 Å². The van der Waals surface area contributed by atoms with Gasteiger partial charge in [-0.15, -0.1) is 0 Å². The Labute approximate surface area is 150 Å². The third kappa shape index (κ3) is 5.76. The van der Waals surface area contributed by atoms with Crippen LogP contribution in [0.4, 0.5) is 0 Å². The zero-order chi connectivity index (χ0) is 18.4. The van der Waals surface area contributed by atoms with Crippen molar-refractivity contribution in [1.82, 2.24) is 5.32 Å². The van der Waals surface area contributed by atoms with Crippen molar-refractivity contribution in [3.8, 4) is 5.75 Å².